The molecule has 1 N–H and O–H groups in total. The van der Waals surface area contributed by atoms with Gasteiger partial charge >= 0.3 is 0 Å². The van der Waals surface area contributed by atoms with E-state index in [0.29, 0.717) is 13.2 Å². The van der Waals surface area contributed by atoms with Crippen LogP contribution in [-0.4, -0.2) is 38.2 Å². The molecule has 17 heavy (non-hydrogen) atoms. The summed E-state index contributed by atoms with van der Waals surface area (Å²) in [5.41, 5.74) is 1.17. The summed E-state index contributed by atoms with van der Waals surface area (Å²) in [6.45, 7) is 6.37. The van der Waals surface area contributed by atoms with Gasteiger partial charge in [-0.3, -0.25) is 0 Å². The lowest BCUT2D eigenvalue weighted by Gasteiger charge is -2.32. The molecule has 1 heterocycles. The SMILES string of the molecule is CNCc1occc1COCC(C)(C)N(C)C. The van der Waals surface area contributed by atoms with Crippen molar-refractivity contribution >= 4 is 0 Å². The summed E-state index contributed by atoms with van der Waals surface area (Å²) >= 11 is 0. The molecule has 1 aromatic rings. The Labute approximate surface area is 104 Å². The van der Waals surface area contributed by atoms with E-state index >= 15 is 0 Å². The quantitative estimate of drug-likeness (QED) is 0.789. The average molecular weight is 240 g/mol. The Balaban J connectivity index is 2.43. The monoisotopic (exact) mass is 240 g/mol. The molecule has 0 aliphatic heterocycles. The maximum Gasteiger partial charge on any atom is 0.123 e. The number of nitrogens with one attached hydrogen (secondary N) is 1. The van der Waals surface area contributed by atoms with E-state index in [-0.39, 0.29) is 5.54 Å². The van der Waals surface area contributed by atoms with Crippen molar-refractivity contribution < 1.29 is 9.15 Å². The molecule has 0 radical (unpaired) electrons. The van der Waals surface area contributed by atoms with Crippen LogP contribution in [0.15, 0.2) is 16.7 Å². The molecule has 0 aliphatic carbocycles. The summed E-state index contributed by atoms with van der Waals surface area (Å²) < 4.78 is 11.1. The van der Waals surface area contributed by atoms with Gasteiger partial charge in [-0.1, -0.05) is 0 Å². The topological polar surface area (TPSA) is 37.6 Å². The summed E-state index contributed by atoms with van der Waals surface area (Å²) in [4.78, 5) is 2.16. The third-order valence-corrected chi connectivity index (χ3v) is 3.10. The maximum absolute atomic E-state index is 5.76. The molecule has 0 bridgehead atoms. The molecule has 1 rings (SSSR count). The number of rotatable bonds is 7. The first-order valence-electron chi connectivity index (χ1n) is 5.92. The second-order valence-electron chi connectivity index (χ2n) is 5.10. The van der Waals surface area contributed by atoms with Crippen LogP contribution in [0.1, 0.15) is 25.2 Å². The zero-order chi connectivity index (χ0) is 12.9. The zero-order valence-corrected chi connectivity index (χ0v) is 11.5. The Morgan fingerprint density at radius 1 is 1.41 bits per heavy atom. The molecule has 0 saturated heterocycles. The van der Waals surface area contributed by atoms with E-state index < -0.39 is 0 Å². The first-order chi connectivity index (χ1) is 7.97. The summed E-state index contributed by atoms with van der Waals surface area (Å²) in [7, 11) is 6.03. The van der Waals surface area contributed by atoms with Crippen LogP contribution in [0.5, 0.6) is 0 Å². The first-order valence-corrected chi connectivity index (χ1v) is 5.92. The van der Waals surface area contributed by atoms with Gasteiger partial charge in [0.15, 0.2) is 0 Å². The van der Waals surface area contributed by atoms with Gasteiger partial charge in [-0.2, -0.15) is 0 Å². The molecular weight excluding hydrogens is 216 g/mol. The average Bonchev–Trinajstić information content (AvgIpc) is 2.66. The van der Waals surface area contributed by atoms with Crippen LogP contribution in [-0.2, 0) is 17.9 Å². The molecular formula is C13H24N2O2. The maximum atomic E-state index is 5.76. The highest BCUT2D eigenvalue weighted by atomic mass is 16.5. The van der Waals surface area contributed by atoms with Gasteiger partial charge in [0.25, 0.3) is 0 Å². The smallest absolute Gasteiger partial charge is 0.123 e. The van der Waals surface area contributed by atoms with E-state index in [9.17, 15) is 0 Å². The minimum Gasteiger partial charge on any atom is -0.468 e. The second-order valence-corrected chi connectivity index (χ2v) is 5.10. The fraction of sp³-hybridized carbons (Fsp3) is 0.692. The van der Waals surface area contributed by atoms with Crippen LogP contribution in [0.3, 0.4) is 0 Å². The normalized spacial score (nSPS) is 12.4. The predicted octanol–water partition coefficient (Wildman–Crippen LogP) is 1.86. The van der Waals surface area contributed by atoms with Crippen molar-refractivity contribution in [3.63, 3.8) is 0 Å². The molecule has 0 aliphatic rings. The Morgan fingerprint density at radius 2 is 2.12 bits per heavy atom. The van der Waals surface area contributed by atoms with E-state index in [1.807, 2.05) is 13.1 Å². The van der Waals surface area contributed by atoms with Crippen molar-refractivity contribution in [2.75, 3.05) is 27.7 Å². The number of hydrogen-bond donors (Lipinski definition) is 1. The van der Waals surface area contributed by atoms with E-state index in [4.69, 9.17) is 9.15 Å². The number of hydrogen-bond acceptors (Lipinski definition) is 4. The number of likely N-dealkylation sites (N-methyl/N-ethyl adjacent to an activating group) is 1. The van der Waals surface area contributed by atoms with Crippen LogP contribution in [0, 0.1) is 0 Å². The van der Waals surface area contributed by atoms with Crippen LogP contribution < -0.4 is 5.32 Å². The largest absolute Gasteiger partial charge is 0.468 e. The van der Waals surface area contributed by atoms with E-state index in [1.165, 1.54) is 0 Å². The molecule has 0 spiro atoms. The molecule has 4 heteroatoms. The highest BCUT2D eigenvalue weighted by molar-refractivity contribution is 5.15. The van der Waals surface area contributed by atoms with Crippen LogP contribution in [0.25, 0.3) is 0 Å². The van der Waals surface area contributed by atoms with Gasteiger partial charge in [-0.05, 0) is 41.1 Å². The number of nitrogens with zero attached hydrogens (tertiary/aromatic N) is 1. The highest BCUT2D eigenvalue weighted by Gasteiger charge is 2.20. The molecule has 1 aromatic heterocycles. The summed E-state index contributed by atoms with van der Waals surface area (Å²) in [5.74, 6) is 0.954. The Bertz CT molecular complexity index is 332. The highest BCUT2D eigenvalue weighted by Crippen LogP contribution is 2.15. The lowest BCUT2D eigenvalue weighted by molar-refractivity contribution is 0.0269. The third-order valence-electron chi connectivity index (χ3n) is 3.10. The summed E-state index contributed by atoms with van der Waals surface area (Å²) in [6.07, 6.45) is 1.71. The fourth-order valence-corrected chi connectivity index (χ4v) is 1.35. The standard InChI is InChI=1S/C13H24N2O2/c1-13(2,15(4)5)10-16-9-11-6-7-17-12(11)8-14-3/h6-7,14H,8-10H2,1-5H3. The Morgan fingerprint density at radius 3 is 2.71 bits per heavy atom. The molecule has 4 nitrogen and oxygen atoms in total. The molecule has 0 amide bonds. The van der Waals surface area contributed by atoms with Gasteiger partial charge in [0.05, 0.1) is 26.0 Å². The van der Waals surface area contributed by atoms with Gasteiger partial charge in [0.1, 0.15) is 5.76 Å². The van der Waals surface area contributed by atoms with Crippen LogP contribution in [0.4, 0.5) is 0 Å². The van der Waals surface area contributed by atoms with Gasteiger partial charge in [-0.15, -0.1) is 0 Å². The van der Waals surface area contributed by atoms with Crippen molar-refractivity contribution in [2.45, 2.75) is 32.5 Å². The van der Waals surface area contributed by atoms with E-state index in [2.05, 4.69) is 38.2 Å². The van der Waals surface area contributed by atoms with Crippen molar-refractivity contribution in [1.82, 2.24) is 10.2 Å². The zero-order valence-electron chi connectivity index (χ0n) is 11.5. The summed E-state index contributed by atoms with van der Waals surface area (Å²) in [6, 6.07) is 1.97. The Hall–Kier alpha value is -0.840. The molecule has 0 unspecified atom stereocenters. The molecule has 98 valence electrons. The molecule has 0 atom stereocenters. The molecule has 0 aromatic carbocycles. The number of ether oxygens (including phenoxy) is 1. The molecule has 0 saturated carbocycles. The lowest BCUT2D eigenvalue weighted by Crippen LogP contribution is -2.42. The summed E-state index contributed by atoms with van der Waals surface area (Å²) in [5, 5.41) is 3.08. The van der Waals surface area contributed by atoms with Crippen LogP contribution in [0.2, 0.25) is 0 Å². The van der Waals surface area contributed by atoms with E-state index in [1.54, 1.807) is 6.26 Å². The van der Waals surface area contributed by atoms with Crippen molar-refractivity contribution in [1.29, 1.82) is 0 Å². The lowest BCUT2D eigenvalue weighted by atomic mass is 10.1. The Kier molecular flexibility index (Phi) is 5.18. The third kappa shape index (κ3) is 4.15. The minimum atomic E-state index is 0.0485. The van der Waals surface area contributed by atoms with Gasteiger partial charge in [0, 0.05) is 11.1 Å². The number of furan rings is 1. The van der Waals surface area contributed by atoms with Gasteiger partial charge in [0.2, 0.25) is 0 Å². The molecule has 0 fully saturated rings. The van der Waals surface area contributed by atoms with E-state index in [0.717, 1.165) is 17.9 Å². The van der Waals surface area contributed by atoms with Gasteiger partial charge < -0.3 is 19.4 Å². The fourth-order valence-electron chi connectivity index (χ4n) is 1.35. The van der Waals surface area contributed by atoms with Crippen molar-refractivity contribution in [3.05, 3.63) is 23.7 Å². The minimum absolute atomic E-state index is 0.0485. The van der Waals surface area contributed by atoms with Crippen LogP contribution >= 0.6 is 0 Å². The van der Waals surface area contributed by atoms with Crippen molar-refractivity contribution in [2.24, 2.45) is 0 Å². The predicted molar refractivity (Wildman–Crippen MR) is 68.9 cm³/mol. The first kappa shape index (κ1) is 14.2. The second kappa shape index (κ2) is 6.19. The van der Waals surface area contributed by atoms with Gasteiger partial charge in [-0.25, -0.2) is 0 Å². The van der Waals surface area contributed by atoms with Crippen molar-refractivity contribution in [3.8, 4) is 0 Å².